The molecule has 0 aliphatic carbocycles. The number of aryl methyl sites for hydroxylation is 1. The fourth-order valence-electron chi connectivity index (χ4n) is 1.71. The minimum Gasteiger partial charge on any atom is -0.383 e. The third-order valence-electron chi connectivity index (χ3n) is 2.85. The van der Waals surface area contributed by atoms with Crippen molar-refractivity contribution in [2.75, 3.05) is 20.3 Å². The van der Waals surface area contributed by atoms with Crippen LogP contribution in [0, 0.1) is 6.92 Å². The Morgan fingerprint density at radius 2 is 1.95 bits per heavy atom. The fraction of sp³-hybridized carbons (Fsp3) is 0.312. The number of benzene rings is 1. The molecule has 0 aliphatic rings. The van der Waals surface area contributed by atoms with Gasteiger partial charge in [0.1, 0.15) is 5.03 Å². The highest BCUT2D eigenvalue weighted by Gasteiger charge is 1.99. The zero-order valence-electron chi connectivity index (χ0n) is 11.9. The SMILES string of the molecule is COCCNCc1ccc(Sc2ccc(C)cc2)nc1. The van der Waals surface area contributed by atoms with Crippen LogP contribution >= 0.6 is 11.8 Å². The third kappa shape index (κ3) is 4.96. The van der Waals surface area contributed by atoms with Crippen molar-refractivity contribution in [3.05, 3.63) is 53.7 Å². The molecule has 4 heteroatoms. The van der Waals surface area contributed by atoms with Gasteiger partial charge in [-0.15, -0.1) is 0 Å². The van der Waals surface area contributed by atoms with Gasteiger partial charge in [-0.25, -0.2) is 4.98 Å². The minimum atomic E-state index is 0.731. The van der Waals surface area contributed by atoms with E-state index in [9.17, 15) is 0 Å². The summed E-state index contributed by atoms with van der Waals surface area (Å²) < 4.78 is 4.99. The van der Waals surface area contributed by atoms with Crippen LogP contribution in [0.5, 0.6) is 0 Å². The number of ether oxygens (including phenoxy) is 1. The molecule has 0 unspecified atom stereocenters. The summed E-state index contributed by atoms with van der Waals surface area (Å²) in [6.07, 6.45) is 1.93. The lowest BCUT2D eigenvalue weighted by Crippen LogP contribution is -2.18. The van der Waals surface area contributed by atoms with Crippen molar-refractivity contribution >= 4 is 11.8 Å². The van der Waals surface area contributed by atoms with E-state index in [1.54, 1.807) is 18.9 Å². The highest BCUT2D eigenvalue weighted by atomic mass is 32.2. The molecule has 0 bridgehead atoms. The number of hydrogen-bond donors (Lipinski definition) is 1. The third-order valence-corrected chi connectivity index (χ3v) is 3.81. The average molecular weight is 288 g/mol. The van der Waals surface area contributed by atoms with Crippen LogP contribution in [0.2, 0.25) is 0 Å². The molecule has 0 spiro atoms. The van der Waals surface area contributed by atoms with Gasteiger partial charge in [0.15, 0.2) is 0 Å². The molecule has 0 amide bonds. The standard InChI is InChI=1S/C16H20N2OS/c1-13-3-6-15(7-4-13)20-16-8-5-14(12-18-16)11-17-9-10-19-2/h3-8,12,17H,9-11H2,1-2H3. The fourth-order valence-corrected chi connectivity index (χ4v) is 2.47. The number of pyridine rings is 1. The van der Waals surface area contributed by atoms with Crippen LogP contribution in [0.15, 0.2) is 52.5 Å². The Labute approximate surface area is 124 Å². The second-order valence-electron chi connectivity index (χ2n) is 4.59. The second kappa shape index (κ2) is 8.04. The van der Waals surface area contributed by atoms with Gasteiger partial charge in [-0.3, -0.25) is 0 Å². The summed E-state index contributed by atoms with van der Waals surface area (Å²) in [7, 11) is 1.71. The number of hydrogen-bond acceptors (Lipinski definition) is 4. The maximum absolute atomic E-state index is 4.99. The van der Waals surface area contributed by atoms with Crippen LogP contribution in [0.3, 0.4) is 0 Å². The molecule has 0 aliphatic heterocycles. The molecule has 0 saturated carbocycles. The van der Waals surface area contributed by atoms with Crippen molar-refractivity contribution < 1.29 is 4.74 Å². The van der Waals surface area contributed by atoms with Crippen LogP contribution in [-0.2, 0) is 11.3 Å². The Morgan fingerprint density at radius 3 is 2.60 bits per heavy atom. The zero-order valence-corrected chi connectivity index (χ0v) is 12.7. The predicted octanol–water partition coefficient (Wildman–Crippen LogP) is 3.28. The van der Waals surface area contributed by atoms with E-state index in [4.69, 9.17) is 4.74 Å². The second-order valence-corrected chi connectivity index (χ2v) is 5.68. The summed E-state index contributed by atoms with van der Waals surface area (Å²) in [5.41, 5.74) is 2.47. The molecule has 0 radical (unpaired) electrons. The molecule has 20 heavy (non-hydrogen) atoms. The maximum Gasteiger partial charge on any atom is 0.101 e. The monoisotopic (exact) mass is 288 g/mol. The first-order valence-electron chi connectivity index (χ1n) is 6.67. The topological polar surface area (TPSA) is 34.1 Å². The highest BCUT2D eigenvalue weighted by Crippen LogP contribution is 2.25. The normalized spacial score (nSPS) is 10.7. The van der Waals surface area contributed by atoms with E-state index in [0.29, 0.717) is 0 Å². The molecular formula is C16H20N2OS. The van der Waals surface area contributed by atoms with Crippen molar-refractivity contribution in [2.24, 2.45) is 0 Å². The summed E-state index contributed by atoms with van der Waals surface area (Å²) in [6, 6.07) is 12.7. The maximum atomic E-state index is 4.99. The van der Waals surface area contributed by atoms with Gasteiger partial charge >= 0.3 is 0 Å². The number of methoxy groups -OCH3 is 1. The van der Waals surface area contributed by atoms with Crippen LogP contribution in [-0.4, -0.2) is 25.2 Å². The van der Waals surface area contributed by atoms with Crippen molar-refractivity contribution in [1.82, 2.24) is 10.3 Å². The van der Waals surface area contributed by atoms with E-state index in [1.807, 2.05) is 6.20 Å². The van der Waals surface area contributed by atoms with Crippen molar-refractivity contribution in [2.45, 2.75) is 23.4 Å². The summed E-state index contributed by atoms with van der Waals surface area (Å²) in [6.45, 7) is 4.51. The number of rotatable bonds is 7. The molecule has 0 saturated heterocycles. The Hall–Kier alpha value is -1.36. The van der Waals surface area contributed by atoms with Crippen molar-refractivity contribution in [3.63, 3.8) is 0 Å². The summed E-state index contributed by atoms with van der Waals surface area (Å²) in [5, 5.41) is 4.33. The quantitative estimate of drug-likeness (QED) is 0.793. The average Bonchev–Trinajstić information content (AvgIpc) is 2.48. The van der Waals surface area contributed by atoms with Crippen molar-refractivity contribution in [3.8, 4) is 0 Å². The number of nitrogens with one attached hydrogen (secondary N) is 1. The lowest BCUT2D eigenvalue weighted by atomic mass is 10.2. The Kier molecular flexibility index (Phi) is 6.05. The molecule has 1 aromatic carbocycles. The molecule has 3 nitrogen and oxygen atoms in total. The van der Waals surface area contributed by atoms with E-state index in [2.05, 4.69) is 53.6 Å². The summed E-state index contributed by atoms with van der Waals surface area (Å²) in [4.78, 5) is 5.70. The Balaban J connectivity index is 1.86. The minimum absolute atomic E-state index is 0.731. The van der Waals surface area contributed by atoms with E-state index >= 15 is 0 Å². The molecule has 0 atom stereocenters. The largest absolute Gasteiger partial charge is 0.383 e. The van der Waals surface area contributed by atoms with Gasteiger partial charge < -0.3 is 10.1 Å². The van der Waals surface area contributed by atoms with Crippen LogP contribution in [0.4, 0.5) is 0 Å². The lowest BCUT2D eigenvalue weighted by Gasteiger charge is -2.05. The zero-order chi connectivity index (χ0) is 14.2. The molecule has 2 rings (SSSR count). The molecule has 2 aromatic rings. The molecule has 1 aromatic heterocycles. The molecule has 0 fully saturated rings. The van der Waals surface area contributed by atoms with E-state index in [1.165, 1.54) is 16.0 Å². The van der Waals surface area contributed by atoms with Gasteiger partial charge in [0.2, 0.25) is 0 Å². The number of nitrogens with zero attached hydrogens (tertiary/aromatic N) is 1. The molecule has 1 heterocycles. The Morgan fingerprint density at radius 1 is 1.15 bits per heavy atom. The number of aromatic nitrogens is 1. The van der Waals surface area contributed by atoms with Gasteiger partial charge in [0.05, 0.1) is 6.61 Å². The van der Waals surface area contributed by atoms with E-state index in [-0.39, 0.29) is 0 Å². The van der Waals surface area contributed by atoms with Crippen LogP contribution in [0.1, 0.15) is 11.1 Å². The molecule has 106 valence electrons. The first-order valence-corrected chi connectivity index (χ1v) is 7.48. The van der Waals surface area contributed by atoms with Gasteiger partial charge in [0.25, 0.3) is 0 Å². The molecule has 1 N–H and O–H groups in total. The van der Waals surface area contributed by atoms with Gasteiger partial charge in [-0.1, -0.05) is 35.5 Å². The van der Waals surface area contributed by atoms with E-state index in [0.717, 1.165) is 24.7 Å². The predicted molar refractivity (Wildman–Crippen MR) is 83.1 cm³/mol. The molecular weight excluding hydrogens is 268 g/mol. The summed E-state index contributed by atoms with van der Waals surface area (Å²) in [5.74, 6) is 0. The van der Waals surface area contributed by atoms with Gasteiger partial charge in [0, 0.05) is 31.3 Å². The summed E-state index contributed by atoms with van der Waals surface area (Å²) >= 11 is 1.69. The smallest absolute Gasteiger partial charge is 0.101 e. The van der Waals surface area contributed by atoms with Gasteiger partial charge in [-0.2, -0.15) is 0 Å². The highest BCUT2D eigenvalue weighted by molar-refractivity contribution is 7.99. The van der Waals surface area contributed by atoms with E-state index < -0.39 is 0 Å². The van der Waals surface area contributed by atoms with Crippen LogP contribution in [0.25, 0.3) is 0 Å². The Bertz CT molecular complexity index is 511. The van der Waals surface area contributed by atoms with Crippen molar-refractivity contribution in [1.29, 1.82) is 0 Å². The first-order chi connectivity index (χ1) is 9.78. The lowest BCUT2D eigenvalue weighted by molar-refractivity contribution is 0.199. The van der Waals surface area contributed by atoms with Crippen LogP contribution < -0.4 is 5.32 Å². The first kappa shape index (κ1) is 15.0. The van der Waals surface area contributed by atoms with Gasteiger partial charge in [-0.05, 0) is 30.7 Å².